The number of nitrogens with one attached hydrogen (secondary N) is 1. The van der Waals surface area contributed by atoms with E-state index in [2.05, 4.69) is 37.4 Å². The number of benzene rings is 1. The van der Waals surface area contributed by atoms with Crippen molar-refractivity contribution in [3.05, 3.63) is 29.3 Å². The van der Waals surface area contributed by atoms with E-state index in [0.717, 1.165) is 12.8 Å². The van der Waals surface area contributed by atoms with Gasteiger partial charge in [0.25, 0.3) is 0 Å². The van der Waals surface area contributed by atoms with Crippen molar-refractivity contribution in [2.45, 2.75) is 32.8 Å². The number of nitrogens with two attached hydrogens (primary N) is 1. The summed E-state index contributed by atoms with van der Waals surface area (Å²) in [6.07, 6.45) is 1.51. The molecule has 1 aromatic carbocycles. The average Bonchev–Trinajstić information content (AvgIpc) is 2.35. The standard InChI is InChI=1S/C13H22N2O/c1-3-10-6-5-7-11(4-2)13(10)15-9-12(16)8-14/h5-7,12,15-16H,3-4,8-9,14H2,1-2H3. The van der Waals surface area contributed by atoms with Gasteiger partial charge in [0.05, 0.1) is 6.10 Å². The van der Waals surface area contributed by atoms with E-state index in [-0.39, 0.29) is 0 Å². The van der Waals surface area contributed by atoms with Crippen LogP contribution in [-0.4, -0.2) is 24.3 Å². The number of aliphatic hydroxyl groups is 1. The highest BCUT2D eigenvalue weighted by molar-refractivity contribution is 5.57. The molecule has 90 valence electrons. The smallest absolute Gasteiger partial charge is 0.0834 e. The lowest BCUT2D eigenvalue weighted by Gasteiger charge is -2.17. The number of hydrogen-bond donors (Lipinski definition) is 3. The minimum atomic E-state index is -0.477. The van der Waals surface area contributed by atoms with Gasteiger partial charge in [0.15, 0.2) is 0 Å². The van der Waals surface area contributed by atoms with Crippen molar-refractivity contribution in [1.29, 1.82) is 0 Å². The summed E-state index contributed by atoms with van der Waals surface area (Å²) in [5.41, 5.74) is 9.14. The van der Waals surface area contributed by atoms with Crippen LogP contribution in [-0.2, 0) is 12.8 Å². The average molecular weight is 222 g/mol. The Morgan fingerprint density at radius 2 is 1.81 bits per heavy atom. The first-order chi connectivity index (χ1) is 7.72. The van der Waals surface area contributed by atoms with E-state index in [0.29, 0.717) is 13.1 Å². The summed E-state index contributed by atoms with van der Waals surface area (Å²) in [5.74, 6) is 0. The third-order valence-electron chi connectivity index (χ3n) is 2.79. The van der Waals surface area contributed by atoms with Gasteiger partial charge in [-0.1, -0.05) is 32.0 Å². The van der Waals surface area contributed by atoms with Crippen LogP contribution in [0.15, 0.2) is 18.2 Å². The van der Waals surface area contributed by atoms with Gasteiger partial charge in [-0.15, -0.1) is 0 Å². The molecule has 0 radical (unpaired) electrons. The summed E-state index contributed by atoms with van der Waals surface area (Å²) in [4.78, 5) is 0. The first-order valence-electron chi connectivity index (χ1n) is 5.95. The number of rotatable bonds is 6. The summed E-state index contributed by atoms with van der Waals surface area (Å²) in [5, 5.41) is 12.8. The van der Waals surface area contributed by atoms with Crippen molar-refractivity contribution in [2.75, 3.05) is 18.4 Å². The van der Waals surface area contributed by atoms with Crippen molar-refractivity contribution in [3.63, 3.8) is 0 Å². The van der Waals surface area contributed by atoms with E-state index in [4.69, 9.17) is 5.73 Å². The van der Waals surface area contributed by atoms with E-state index in [9.17, 15) is 5.11 Å². The van der Waals surface area contributed by atoms with Gasteiger partial charge in [-0.25, -0.2) is 0 Å². The fourth-order valence-electron chi connectivity index (χ4n) is 1.77. The molecule has 0 aliphatic heterocycles. The van der Waals surface area contributed by atoms with Crippen LogP contribution in [0.25, 0.3) is 0 Å². The third kappa shape index (κ3) is 3.22. The maximum atomic E-state index is 9.46. The van der Waals surface area contributed by atoms with Crippen LogP contribution in [0, 0.1) is 0 Å². The molecule has 0 spiro atoms. The number of anilines is 1. The maximum Gasteiger partial charge on any atom is 0.0834 e. The molecule has 0 heterocycles. The van der Waals surface area contributed by atoms with E-state index in [1.807, 2.05) is 0 Å². The van der Waals surface area contributed by atoms with E-state index >= 15 is 0 Å². The SMILES string of the molecule is CCc1cccc(CC)c1NCC(O)CN. The van der Waals surface area contributed by atoms with Gasteiger partial charge in [-0.05, 0) is 24.0 Å². The van der Waals surface area contributed by atoms with Crippen LogP contribution in [0.3, 0.4) is 0 Å². The van der Waals surface area contributed by atoms with Gasteiger partial charge < -0.3 is 16.2 Å². The van der Waals surface area contributed by atoms with Crippen molar-refractivity contribution in [3.8, 4) is 0 Å². The number of para-hydroxylation sites is 1. The van der Waals surface area contributed by atoms with Crippen molar-refractivity contribution >= 4 is 5.69 Å². The van der Waals surface area contributed by atoms with Gasteiger partial charge in [-0.3, -0.25) is 0 Å². The second-order valence-electron chi connectivity index (χ2n) is 3.93. The van der Waals surface area contributed by atoms with Gasteiger partial charge >= 0.3 is 0 Å². The number of aryl methyl sites for hydroxylation is 2. The molecule has 16 heavy (non-hydrogen) atoms. The largest absolute Gasteiger partial charge is 0.390 e. The molecule has 0 saturated carbocycles. The summed E-state index contributed by atoms with van der Waals surface area (Å²) in [6.45, 7) is 5.09. The molecule has 1 rings (SSSR count). The second-order valence-corrected chi connectivity index (χ2v) is 3.93. The lowest BCUT2D eigenvalue weighted by atomic mass is 10.0. The minimum Gasteiger partial charge on any atom is -0.390 e. The zero-order valence-electron chi connectivity index (χ0n) is 10.2. The zero-order valence-corrected chi connectivity index (χ0v) is 10.2. The van der Waals surface area contributed by atoms with Crippen molar-refractivity contribution in [1.82, 2.24) is 0 Å². The molecule has 4 N–H and O–H groups in total. The lowest BCUT2D eigenvalue weighted by molar-refractivity contribution is 0.196. The quantitative estimate of drug-likeness (QED) is 0.684. The fourth-order valence-corrected chi connectivity index (χ4v) is 1.77. The molecule has 1 aromatic rings. The Hall–Kier alpha value is -1.06. The zero-order chi connectivity index (χ0) is 12.0. The fraction of sp³-hybridized carbons (Fsp3) is 0.538. The Kier molecular flexibility index (Phi) is 5.29. The monoisotopic (exact) mass is 222 g/mol. The van der Waals surface area contributed by atoms with E-state index in [1.54, 1.807) is 0 Å². The van der Waals surface area contributed by atoms with Gasteiger partial charge in [-0.2, -0.15) is 0 Å². The first kappa shape index (κ1) is 13.0. The maximum absolute atomic E-state index is 9.46. The summed E-state index contributed by atoms with van der Waals surface area (Å²) >= 11 is 0. The van der Waals surface area contributed by atoms with Crippen LogP contribution >= 0.6 is 0 Å². The predicted octanol–water partition coefficient (Wildman–Crippen LogP) is 1.54. The molecule has 0 fully saturated rings. The molecule has 0 bridgehead atoms. The molecule has 0 aliphatic rings. The molecule has 0 aromatic heterocycles. The Balaban J connectivity index is 2.82. The summed E-state index contributed by atoms with van der Waals surface area (Å²) < 4.78 is 0. The summed E-state index contributed by atoms with van der Waals surface area (Å²) in [7, 11) is 0. The molecular formula is C13H22N2O. The normalized spacial score (nSPS) is 12.5. The molecule has 3 nitrogen and oxygen atoms in total. The number of hydrogen-bond acceptors (Lipinski definition) is 3. The Labute approximate surface area is 97.7 Å². The van der Waals surface area contributed by atoms with E-state index in [1.165, 1.54) is 16.8 Å². The first-order valence-corrected chi connectivity index (χ1v) is 5.95. The van der Waals surface area contributed by atoms with Gasteiger partial charge in [0.1, 0.15) is 0 Å². The van der Waals surface area contributed by atoms with Crippen LogP contribution in [0.5, 0.6) is 0 Å². The van der Waals surface area contributed by atoms with Crippen molar-refractivity contribution < 1.29 is 5.11 Å². The summed E-state index contributed by atoms with van der Waals surface area (Å²) in [6, 6.07) is 6.33. The second kappa shape index (κ2) is 6.51. The molecule has 1 unspecified atom stereocenters. The van der Waals surface area contributed by atoms with Crippen LogP contribution < -0.4 is 11.1 Å². The van der Waals surface area contributed by atoms with Crippen LogP contribution in [0.4, 0.5) is 5.69 Å². The topological polar surface area (TPSA) is 58.3 Å². The van der Waals surface area contributed by atoms with Gasteiger partial charge in [0.2, 0.25) is 0 Å². The lowest BCUT2D eigenvalue weighted by Crippen LogP contribution is -2.28. The highest BCUT2D eigenvalue weighted by atomic mass is 16.3. The highest BCUT2D eigenvalue weighted by Gasteiger charge is 2.07. The van der Waals surface area contributed by atoms with Crippen LogP contribution in [0.2, 0.25) is 0 Å². The minimum absolute atomic E-state index is 0.294. The highest BCUT2D eigenvalue weighted by Crippen LogP contribution is 2.22. The van der Waals surface area contributed by atoms with E-state index < -0.39 is 6.10 Å². The predicted molar refractivity (Wildman–Crippen MR) is 68.7 cm³/mol. The molecule has 1 atom stereocenters. The molecular weight excluding hydrogens is 200 g/mol. The third-order valence-corrected chi connectivity index (χ3v) is 2.79. The number of aliphatic hydroxyl groups excluding tert-OH is 1. The van der Waals surface area contributed by atoms with Crippen molar-refractivity contribution in [2.24, 2.45) is 5.73 Å². The van der Waals surface area contributed by atoms with Crippen LogP contribution in [0.1, 0.15) is 25.0 Å². The molecule has 3 heteroatoms. The van der Waals surface area contributed by atoms with Gasteiger partial charge in [0, 0.05) is 18.8 Å². The Morgan fingerprint density at radius 1 is 1.25 bits per heavy atom. The Bertz CT molecular complexity index is 303. The molecule has 0 saturated heterocycles. The molecule has 0 amide bonds. The Morgan fingerprint density at radius 3 is 2.25 bits per heavy atom. The molecule has 0 aliphatic carbocycles.